The lowest BCUT2D eigenvalue weighted by atomic mass is 10.1. The van der Waals surface area contributed by atoms with Gasteiger partial charge in [-0.3, -0.25) is 0 Å². The molecule has 0 bridgehead atoms. The Kier molecular flexibility index (Phi) is 5.49. The number of hydrogen-bond acceptors (Lipinski definition) is 2. The molecule has 0 aliphatic carbocycles. The van der Waals surface area contributed by atoms with Crippen molar-refractivity contribution in [3.8, 4) is 0 Å². The average molecular weight is 299 g/mol. The van der Waals surface area contributed by atoms with E-state index in [9.17, 15) is 0 Å². The van der Waals surface area contributed by atoms with Crippen LogP contribution in [-0.2, 0) is 6.54 Å². The molecule has 0 fully saturated rings. The van der Waals surface area contributed by atoms with Gasteiger partial charge in [0.15, 0.2) is 0 Å². The first kappa shape index (κ1) is 16.1. The van der Waals surface area contributed by atoms with Gasteiger partial charge in [0, 0.05) is 22.4 Å². The summed E-state index contributed by atoms with van der Waals surface area (Å²) in [6, 6.07) is 13.9. The van der Waals surface area contributed by atoms with Crippen molar-refractivity contribution >= 4 is 11.8 Å². The normalized spacial score (nSPS) is 11.1. The van der Waals surface area contributed by atoms with E-state index >= 15 is 0 Å². The van der Waals surface area contributed by atoms with Crippen molar-refractivity contribution in [3.63, 3.8) is 0 Å². The second-order valence-corrected chi connectivity index (χ2v) is 7.09. The van der Waals surface area contributed by atoms with Crippen LogP contribution in [0.1, 0.15) is 36.1 Å². The Balaban J connectivity index is 2.15. The first-order chi connectivity index (χ1) is 9.95. The number of aryl methyl sites for hydroxylation is 3. The fraction of sp³-hybridized carbons (Fsp3) is 0.368. The topological polar surface area (TPSA) is 12.0 Å². The van der Waals surface area contributed by atoms with Crippen LogP contribution in [0.3, 0.4) is 0 Å². The van der Waals surface area contributed by atoms with Gasteiger partial charge in [-0.2, -0.15) is 0 Å². The van der Waals surface area contributed by atoms with Crippen molar-refractivity contribution in [1.29, 1.82) is 0 Å². The van der Waals surface area contributed by atoms with Gasteiger partial charge in [0.25, 0.3) is 0 Å². The Morgan fingerprint density at radius 2 is 1.67 bits per heavy atom. The highest BCUT2D eigenvalue weighted by Crippen LogP contribution is 2.33. The van der Waals surface area contributed by atoms with Crippen LogP contribution >= 0.6 is 11.8 Å². The minimum atomic E-state index is 0.523. The summed E-state index contributed by atoms with van der Waals surface area (Å²) in [5, 5.41) is 3.47. The van der Waals surface area contributed by atoms with Gasteiger partial charge in [-0.05, 0) is 55.2 Å². The zero-order valence-electron chi connectivity index (χ0n) is 13.7. The van der Waals surface area contributed by atoms with E-state index in [-0.39, 0.29) is 0 Å². The molecule has 112 valence electrons. The minimum absolute atomic E-state index is 0.523. The van der Waals surface area contributed by atoms with Gasteiger partial charge in [-0.1, -0.05) is 49.9 Å². The van der Waals surface area contributed by atoms with E-state index in [2.05, 4.69) is 76.3 Å². The van der Waals surface area contributed by atoms with Gasteiger partial charge in [-0.25, -0.2) is 0 Å². The van der Waals surface area contributed by atoms with Gasteiger partial charge < -0.3 is 5.32 Å². The summed E-state index contributed by atoms with van der Waals surface area (Å²) in [5.74, 6) is 0. The molecule has 0 radical (unpaired) electrons. The molecule has 21 heavy (non-hydrogen) atoms. The Bertz CT molecular complexity index is 617. The number of hydrogen-bond donors (Lipinski definition) is 1. The molecular weight excluding hydrogens is 274 g/mol. The Morgan fingerprint density at radius 1 is 0.905 bits per heavy atom. The maximum atomic E-state index is 3.47. The van der Waals surface area contributed by atoms with Crippen molar-refractivity contribution in [2.24, 2.45) is 0 Å². The lowest BCUT2D eigenvalue weighted by Crippen LogP contribution is -2.21. The van der Waals surface area contributed by atoms with Gasteiger partial charge in [0.2, 0.25) is 0 Å². The molecule has 0 atom stereocenters. The van der Waals surface area contributed by atoms with Gasteiger partial charge >= 0.3 is 0 Å². The number of benzene rings is 2. The molecule has 0 aliphatic rings. The van der Waals surface area contributed by atoms with Crippen LogP contribution in [-0.4, -0.2) is 6.04 Å². The molecule has 2 aromatic rings. The van der Waals surface area contributed by atoms with Crippen LogP contribution < -0.4 is 5.32 Å². The summed E-state index contributed by atoms with van der Waals surface area (Å²) < 4.78 is 0. The fourth-order valence-corrected chi connectivity index (χ4v) is 3.26. The van der Waals surface area contributed by atoms with Crippen molar-refractivity contribution in [2.75, 3.05) is 0 Å². The van der Waals surface area contributed by atoms with Crippen LogP contribution in [0.15, 0.2) is 46.2 Å². The molecule has 1 N–H and O–H groups in total. The summed E-state index contributed by atoms with van der Waals surface area (Å²) >= 11 is 1.87. The molecule has 0 heterocycles. The zero-order valence-corrected chi connectivity index (χ0v) is 14.5. The van der Waals surface area contributed by atoms with E-state index in [1.807, 2.05) is 11.8 Å². The molecule has 0 saturated carbocycles. The zero-order chi connectivity index (χ0) is 15.4. The monoisotopic (exact) mass is 299 g/mol. The third kappa shape index (κ3) is 4.62. The SMILES string of the molecule is Cc1ccc(C)c(Sc2ccc(CNC(C)C)cc2C)c1. The maximum absolute atomic E-state index is 3.47. The van der Waals surface area contributed by atoms with E-state index in [1.165, 1.54) is 32.0 Å². The van der Waals surface area contributed by atoms with Crippen molar-refractivity contribution in [3.05, 3.63) is 58.7 Å². The van der Waals surface area contributed by atoms with Crippen LogP contribution in [0.5, 0.6) is 0 Å². The van der Waals surface area contributed by atoms with E-state index in [1.54, 1.807) is 0 Å². The Labute approximate surface area is 133 Å². The summed E-state index contributed by atoms with van der Waals surface area (Å²) in [6.45, 7) is 11.8. The standard InChI is InChI=1S/C19H25NS/c1-13(2)20-12-17-8-9-18(16(5)11-17)21-19-10-14(3)6-7-15(19)4/h6-11,13,20H,12H2,1-5H3. The molecule has 0 aromatic heterocycles. The molecular formula is C19H25NS. The molecule has 2 aromatic carbocycles. The fourth-order valence-electron chi connectivity index (χ4n) is 2.19. The van der Waals surface area contributed by atoms with Crippen LogP contribution in [0.4, 0.5) is 0 Å². The van der Waals surface area contributed by atoms with Gasteiger partial charge in [0.05, 0.1) is 0 Å². The molecule has 0 aliphatic heterocycles. The van der Waals surface area contributed by atoms with E-state index in [0.29, 0.717) is 6.04 Å². The average Bonchev–Trinajstić information content (AvgIpc) is 2.43. The summed E-state index contributed by atoms with van der Waals surface area (Å²) in [7, 11) is 0. The maximum Gasteiger partial charge on any atom is 0.0207 e. The van der Waals surface area contributed by atoms with E-state index in [4.69, 9.17) is 0 Å². The van der Waals surface area contributed by atoms with Crippen molar-refractivity contribution in [2.45, 2.75) is 57.0 Å². The second-order valence-electron chi connectivity index (χ2n) is 6.01. The molecule has 1 nitrogen and oxygen atoms in total. The number of rotatable bonds is 5. The number of nitrogens with one attached hydrogen (secondary N) is 1. The summed E-state index contributed by atoms with van der Waals surface area (Å²) in [6.07, 6.45) is 0. The predicted octanol–water partition coefficient (Wildman–Crippen LogP) is 5.26. The second kappa shape index (κ2) is 7.15. The highest BCUT2D eigenvalue weighted by molar-refractivity contribution is 7.99. The molecule has 2 heteroatoms. The summed E-state index contributed by atoms with van der Waals surface area (Å²) in [4.78, 5) is 2.70. The minimum Gasteiger partial charge on any atom is -0.310 e. The lowest BCUT2D eigenvalue weighted by Gasteiger charge is -2.12. The highest BCUT2D eigenvalue weighted by atomic mass is 32.2. The third-order valence-electron chi connectivity index (χ3n) is 3.52. The first-order valence-electron chi connectivity index (χ1n) is 7.53. The molecule has 0 unspecified atom stereocenters. The van der Waals surface area contributed by atoms with Crippen LogP contribution in [0.2, 0.25) is 0 Å². The van der Waals surface area contributed by atoms with Gasteiger partial charge in [0.1, 0.15) is 0 Å². The van der Waals surface area contributed by atoms with E-state index in [0.717, 1.165) is 6.54 Å². The highest BCUT2D eigenvalue weighted by Gasteiger charge is 2.06. The first-order valence-corrected chi connectivity index (χ1v) is 8.35. The Hall–Kier alpha value is -1.25. The largest absolute Gasteiger partial charge is 0.310 e. The molecule has 0 amide bonds. The van der Waals surface area contributed by atoms with Gasteiger partial charge in [-0.15, -0.1) is 0 Å². The predicted molar refractivity (Wildman–Crippen MR) is 93.2 cm³/mol. The smallest absolute Gasteiger partial charge is 0.0207 e. The molecule has 0 spiro atoms. The van der Waals surface area contributed by atoms with E-state index < -0.39 is 0 Å². The molecule has 0 saturated heterocycles. The van der Waals surface area contributed by atoms with Crippen molar-refractivity contribution < 1.29 is 0 Å². The quantitative estimate of drug-likeness (QED) is 0.808. The van der Waals surface area contributed by atoms with Crippen molar-refractivity contribution in [1.82, 2.24) is 5.32 Å². The van der Waals surface area contributed by atoms with Crippen LogP contribution in [0, 0.1) is 20.8 Å². The third-order valence-corrected chi connectivity index (χ3v) is 4.86. The van der Waals surface area contributed by atoms with Crippen LogP contribution in [0.25, 0.3) is 0 Å². The Morgan fingerprint density at radius 3 is 2.33 bits per heavy atom. The summed E-state index contributed by atoms with van der Waals surface area (Å²) in [5.41, 5.74) is 5.37. The lowest BCUT2D eigenvalue weighted by molar-refractivity contribution is 0.588. The molecule has 2 rings (SSSR count).